The van der Waals surface area contributed by atoms with Crippen LogP contribution in [0.2, 0.25) is 0 Å². The number of ether oxygens (including phenoxy) is 1. The summed E-state index contributed by atoms with van der Waals surface area (Å²) >= 11 is 0. The smallest absolute Gasteiger partial charge is 0.330 e. The molecule has 6 heteroatoms. The van der Waals surface area contributed by atoms with Crippen LogP contribution >= 0.6 is 0 Å². The van der Waals surface area contributed by atoms with Gasteiger partial charge >= 0.3 is 5.97 Å². The second-order valence-corrected chi connectivity index (χ2v) is 3.31. The van der Waals surface area contributed by atoms with E-state index in [1.165, 1.54) is 13.2 Å². The maximum atomic E-state index is 11.0. The standard InChI is InChI=1S/C11H16N4O2/c1-7-8(4-5-9(16)17-3)6-14-11(13-2)10(7)15-12/h4-6,15H,12H2,1-3H3,(H,13,14)/b5-4+. The van der Waals surface area contributed by atoms with Gasteiger partial charge in [0.1, 0.15) is 0 Å². The predicted octanol–water partition coefficient (Wildman–Crippen LogP) is 0.904. The molecule has 0 aliphatic rings. The molecule has 0 amide bonds. The topological polar surface area (TPSA) is 89.3 Å². The largest absolute Gasteiger partial charge is 0.466 e. The van der Waals surface area contributed by atoms with Crippen molar-refractivity contribution in [2.75, 3.05) is 24.9 Å². The fourth-order valence-electron chi connectivity index (χ4n) is 1.38. The zero-order valence-electron chi connectivity index (χ0n) is 10.1. The van der Waals surface area contributed by atoms with Crippen molar-refractivity contribution >= 4 is 23.6 Å². The Morgan fingerprint density at radius 3 is 2.82 bits per heavy atom. The third-order valence-corrected chi connectivity index (χ3v) is 2.36. The lowest BCUT2D eigenvalue weighted by atomic mass is 10.1. The number of rotatable bonds is 4. The molecule has 17 heavy (non-hydrogen) atoms. The van der Waals surface area contributed by atoms with Crippen molar-refractivity contribution in [3.63, 3.8) is 0 Å². The minimum absolute atomic E-state index is 0.413. The number of hydrazine groups is 1. The van der Waals surface area contributed by atoms with E-state index in [4.69, 9.17) is 5.84 Å². The molecule has 0 radical (unpaired) electrons. The number of carbonyl (C=O) groups is 1. The molecule has 0 bridgehead atoms. The quantitative estimate of drug-likeness (QED) is 0.311. The number of nitrogens with zero attached hydrogens (tertiary/aromatic N) is 1. The molecule has 0 saturated carbocycles. The van der Waals surface area contributed by atoms with Crippen molar-refractivity contribution in [2.24, 2.45) is 5.84 Å². The van der Waals surface area contributed by atoms with Crippen LogP contribution in [-0.4, -0.2) is 25.1 Å². The van der Waals surface area contributed by atoms with E-state index in [1.807, 2.05) is 6.92 Å². The van der Waals surface area contributed by atoms with E-state index >= 15 is 0 Å². The molecule has 1 aromatic rings. The van der Waals surface area contributed by atoms with Crippen LogP contribution in [0.25, 0.3) is 6.08 Å². The first-order valence-electron chi connectivity index (χ1n) is 5.04. The molecule has 6 nitrogen and oxygen atoms in total. The van der Waals surface area contributed by atoms with Gasteiger partial charge in [0.05, 0.1) is 12.8 Å². The van der Waals surface area contributed by atoms with E-state index in [-0.39, 0.29) is 0 Å². The summed E-state index contributed by atoms with van der Waals surface area (Å²) in [6.45, 7) is 1.88. The average molecular weight is 236 g/mol. The fourth-order valence-corrected chi connectivity index (χ4v) is 1.38. The Bertz CT molecular complexity index is 443. The van der Waals surface area contributed by atoms with Gasteiger partial charge in [0, 0.05) is 19.3 Å². The maximum absolute atomic E-state index is 11.0. The van der Waals surface area contributed by atoms with Gasteiger partial charge in [-0.1, -0.05) is 0 Å². The zero-order valence-corrected chi connectivity index (χ0v) is 10.1. The minimum Gasteiger partial charge on any atom is -0.466 e. The summed E-state index contributed by atoms with van der Waals surface area (Å²) < 4.78 is 4.51. The van der Waals surface area contributed by atoms with E-state index in [1.54, 1.807) is 19.3 Å². The van der Waals surface area contributed by atoms with Gasteiger partial charge in [-0.25, -0.2) is 9.78 Å². The molecular formula is C11H16N4O2. The second kappa shape index (κ2) is 5.86. The van der Waals surface area contributed by atoms with Crippen LogP contribution in [0.1, 0.15) is 11.1 Å². The van der Waals surface area contributed by atoms with Crippen molar-refractivity contribution in [2.45, 2.75) is 6.92 Å². The molecule has 0 unspecified atom stereocenters. The Kier molecular flexibility index (Phi) is 4.47. The van der Waals surface area contributed by atoms with Crippen LogP contribution in [0.4, 0.5) is 11.5 Å². The number of carbonyl (C=O) groups excluding carboxylic acids is 1. The number of hydrogen-bond acceptors (Lipinski definition) is 6. The van der Waals surface area contributed by atoms with Gasteiger partial charge in [-0.2, -0.15) is 0 Å². The number of pyridine rings is 1. The summed E-state index contributed by atoms with van der Waals surface area (Å²) in [6.07, 6.45) is 4.62. The first-order valence-corrected chi connectivity index (χ1v) is 5.04. The Labute approximate surface area is 99.8 Å². The lowest BCUT2D eigenvalue weighted by molar-refractivity contribution is -0.134. The van der Waals surface area contributed by atoms with E-state index in [0.717, 1.165) is 11.1 Å². The van der Waals surface area contributed by atoms with Crippen molar-refractivity contribution in [1.29, 1.82) is 0 Å². The SMILES string of the molecule is CNc1ncc(/C=C/C(=O)OC)c(C)c1NN. The lowest BCUT2D eigenvalue weighted by Crippen LogP contribution is -2.12. The maximum Gasteiger partial charge on any atom is 0.330 e. The van der Waals surface area contributed by atoms with Gasteiger partial charge in [-0.15, -0.1) is 0 Å². The van der Waals surface area contributed by atoms with Gasteiger partial charge in [0.15, 0.2) is 5.82 Å². The molecule has 0 fully saturated rings. The molecule has 0 atom stereocenters. The second-order valence-electron chi connectivity index (χ2n) is 3.31. The Morgan fingerprint density at radius 2 is 2.29 bits per heavy atom. The van der Waals surface area contributed by atoms with Crippen molar-refractivity contribution in [3.05, 3.63) is 23.4 Å². The van der Waals surface area contributed by atoms with E-state index in [9.17, 15) is 4.79 Å². The molecule has 0 aromatic carbocycles. The number of anilines is 2. The third-order valence-electron chi connectivity index (χ3n) is 2.36. The molecule has 0 saturated heterocycles. The highest BCUT2D eigenvalue weighted by Crippen LogP contribution is 2.25. The van der Waals surface area contributed by atoms with Crippen LogP contribution in [-0.2, 0) is 9.53 Å². The molecule has 0 aliphatic carbocycles. The van der Waals surface area contributed by atoms with Crippen LogP contribution in [0.15, 0.2) is 12.3 Å². The molecule has 0 aliphatic heterocycles. The van der Waals surface area contributed by atoms with Crippen LogP contribution in [0.3, 0.4) is 0 Å². The highest BCUT2D eigenvalue weighted by molar-refractivity contribution is 5.88. The molecule has 1 heterocycles. The Morgan fingerprint density at radius 1 is 1.59 bits per heavy atom. The van der Waals surface area contributed by atoms with Gasteiger partial charge in [0.2, 0.25) is 0 Å². The van der Waals surface area contributed by atoms with Crippen molar-refractivity contribution < 1.29 is 9.53 Å². The number of hydrogen-bond donors (Lipinski definition) is 3. The number of nitrogen functional groups attached to an aromatic ring is 1. The third kappa shape index (κ3) is 2.94. The number of methoxy groups -OCH3 is 1. The predicted molar refractivity (Wildman–Crippen MR) is 67.4 cm³/mol. The summed E-state index contributed by atoms with van der Waals surface area (Å²) in [5.74, 6) is 5.67. The Balaban J connectivity index is 3.11. The average Bonchev–Trinajstić information content (AvgIpc) is 2.36. The van der Waals surface area contributed by atoms with E-state index < -0.39 is 5.97 Å². The molecule has 0 spiro atoms. The van der Waals surface area contributed by atoms with Gasteiger partial charge < -0.3 is 15.5 Å². The van der Waals surface area contributed by atoms with Crippen LogP contribution in [0.5, 0.6) is 0 Å². The summed E-state index contributed by atoms with van der Waals surface area (Å²) in [4.78, 5) is 15.2. The van der Waals surface area contributed by atoms with Gasteiger partial charge in [-0.3, -0.25) is 5.84 Å². The number of nitrogens with two attached hydrogens (primary N) is 1. The summed E-state index contributed by atoms with van der Waals surface area (Å²) in [6, 6.07) is 0. The number of esters is 1. The van der Waals surface area contributed by atoms with Crippen molar-refractivity contribution in [3.8, 4) is 0 Å². The van der Waals surface area contributed by atoms with Gasteiger partial charge in [0.25, 0.3) is 0 Å². The highest BCUT2D eigenvalue weighted by atomic mass is 16.5. The Hall–Kier alpha value is -2.08. The van der Waals surface area contributed by atoms with E-state index in [2.05, 4.69) is 20.5 Å². The normalized spacial score (nSPS) is 10.4. The first-order chi connectivity index (χ1) is 8.13. The summed E-state index contributed by atoms with van der Waals surface area (Å²) in [7, 11) is 3.08. The molecular weight excluding hydrogens is 220 g/mol. The molecule has 92 valence electrons. The van der Waals surface area contributed by atoms with Crippen LogP contribution < -0.4 is 16.6 Å². The lowest BCUT2D eigenvalue weighted by Gasteiger charge is -2.12. The minimum atomic E-state index is -0.413. The first kappa shape index (κ1) is 13.0. The molecule has 1 rings (SSSR count). The summed E-state index contributed by atoms with van der Waals surface area (Å²) in [5, 5.41) is 2.92. The monoisotopic (exact) mass is 236 g/mol. The number of nitrogens with one attached hydrogen (secondary N) is 2. The molecule has 4 N–H and O–H groups in total. The highest BCUT2D eigenvalue weighted by Gasteiger charge is 2.08. The zero-order chi connectivity index (χ0) is 12.8. The van der Waals surface area contributed by atoms with E-state index in [0.29, 0.717) is 11.5 Å². The van der Waals surface area contributed by atoms with Gasteiger partial charge in [-0.05, 0) is 24.1 Å². The molecule has 1 aromatic heterocycles. The fraction of sp³-hybridized carbons (Fsp3) is 0.273. The summed E-state index contributed by atoms with van der Waals surface area (Å²) in [5.41, 5.74) is 4.96. The van der Waals surface area contributed by atoms with Crippen molar-refractivity contribution in [1.82, 2.24) is 4.98 Å². The van der Waals surface area contributed by atoms with Crippen LogP contribution in [0, 0.1) is 6.92 Å². The number of aromatic nitrogens is 1.